The van der Waals surface area contributed by atoms with Gasteiger partial charge in [0.15, 0.2) is 0 Å². The normalized spacial score (nSPS) is 19.1. The van der Waals surface area contributed by atoms with Crippen LogP contribution in [-0.4, -0.2) is 53.9 Å². The second kappa shape index (κ2) is 15.5. The molecule has 1 aliphatic heterocycles. The summed E-state index contributed by atoms with van der Waals surface area (Å²) in [7, 11) is 1.73. The third-order valence-electron chi connectivity index (χ3n) is 9.10. The second-order valence-electron chi connectivity index (χ2n) is 11.7. The summed E-state index contributed by atoms with van der Waals surface area (Å²) in [5.74, 6) is 0. The summed E-state index contributed by atoms with van der Waals surface area (Å²) in [4.78, 5) is 2.94. The molecule has 0 radical (unpaired) electrons. The Labute approximate surface area is 248 Å². The molecule has 4 rings (SSSR count). The summed E-state index contributed by atoms with van der Waals surface area (Å²) >= 11 is -2.72. The monoisotopic (exact) mass is 649 g/mol. The van der Waals surface area contributed by atoms with E-state index in [1.54, 1.807) is 7.11 Å². The first kappa shape index (κ1) is 31.3. The first-order valence-corrected chi connectivity index (χ1v) is 23.4. The molecule has 0 bridgehead atoms. The maximum atomic E-state index is 6.25. The molecule has 3 atom stereocenters. The van der Waals surface area contributed by atoms with E-state index in [0.717, 1.165) is 6.61 Å². The first-order valence-electron chi connectivity index (χ1n) is 15.7. The number of hydrogen-bond acceptors (Lipinski definition) is 3. The van der Waals surface area contributed by atoms with Crippen LogP contribution in [-0.2, 0) is 15.0 Å². The molecule has 0 aromatic heterocycles. The summed E-state index contributed by atoms with van der Waals surface area (Å²) in [5, 5.41) is 0. The van der Waals surface area contributed by atoms with Gasteiger partial charge in [-0.15, -0.1) is 0 Å². The van der Waals surface area contributed by atoms with E-state index in [0.29, 0.717) is 16.9 Å². The van der Waals surface area contributed by atoms with Gasteiger partial charge in [0.25, 0.3) is 0 Å². The molecule has 1 saturated heterocycles. The Bertz CT molecular complexity index is 989. The van der Waals surface area contributed by atoms with E-state index in [1.807, 2.05) is 0 Å². The van der Waals surface area contributed by atoms with Crippen LogP contribution in [0.2, 0.25) is 13.3 Å². The van der Waals surface area contributed by atoms with Gasteiger partial charge >= 0.3 is 249 Å². The van der Waals surface area contributed by atoms with Crippen molar-refractivity contribution in [1.29, 1.82) is 0 Å². The molecule has 1 unspecified atom stereocenters. The van der Waals surface area contributed by atoms with Crippen LogP contribution in [0.1, 0.15) is 76.0 Å². The van der Waals surface area contributed by atoms with Crippen molar-refractivity contribution < 1.29 is 9.47 Å². The molecule has 4 heteroatoms. The first-order chi connectivity index (χ1) is 19.7. The van der Waals surface area contributed by atoms with Crippen molar-refractivity contribution in [3.63, 3.8) is 0 Å². The van der Waals surface area contributed by atoms with Gasteiger partial charge < -0.3 is 0 Å². The van der Waals surface area contributed by atoms with Gasteiger partial charge in [0.1, 0.15) is 0 Å². The number of hydrogen-bond donors (Lipinski definition) is 0. The predicted molar refractivity (Wildman–Crippen MR) is 171 cm³/mol. The van der Waals surface area contributed by atoms with Crippen LogP contribution in [0.4, 0.5) is 0 Å². The van der Waals surface area contributed by atoms with Crippen LogP contribution in [0.5, 0.6) is 0 Å². The molecular formula is C36H51NO2Sn. The SMILES string of the molecule is CCC[CH2][Sn]([CH2]CCC)([CH2]CCC)[C@H]1[C@@H](COCOC)N1C(c1ccccc1)(c1ccccc1)c1ccccc1. The van der Waals surface area contributed by atoms with Crippen LogP contribution < -0.4 is 0 Å². The molecule has 0 amide bonds. The summed E-state index contributed by atoms with van der Waals surface area (Å²) in [5.41, 5.74) is 3.71. The second-order valence-corrected chi connectivity index (χ2v) is 25.4. The Kier molecular flexibility index (Phi) is 12.1. The molecule has 3 nitrogen and oxygen atoms in total. The molecule has 1 heterocycles. The Balaban J connectivity index is 1.96. The van der Waals surface area contributed by atoms with Crippen LogP contribution in [0.15, 0.2) is 91.0 Å². The fourth-order valence-electron chi connectivity index (χ4n) is 7.25. The molecular weight excluding hydrogens is 597 g/mol. The average molecular weight is 649 g/mol. The Morgan fingerprint density at radius 2 is 1.05 bits per heavy atom. The molecule has 1 aliphatic rings. The minimum atomic E-state index is -2.72. The van der Waals surface area contributed by atoms with Crippen molar-refractivity contribution in [3.8, 4) is 0 Å². The number of benzene rings is 3. The van der Waals surface area contributed by atoms with Gasteiger partial charge in [-0.05, 0) is 0 Å². The van der Waals surface area contributed by atoms with Gasteiger partial charge in [0, 0.05) is 0 Å². The summed E-state index contributed by atoms with van der Waals surface area (Å²) < 4.78 is 16.7. The van der Waals surface area contributed by atoms with E-state index in [9.17, 15) is 0 Å². The van der Waals surface area contributed by atoms with E-state index in [2.05, 4.69) is 117 Å². The molecule has 3 aromatic carbocycles. The zero-order valence-corrected chi connectivity index (χ0v) is 28.2. The van der Waals surface area contributed by atoms with E-state index < -0.39 is 18.4 Å². The van der Waals surface area contributed by atoms with Crippen molar-refractivity contribution in [2.75, 3.05) is 20.5 Å². The standard InChI is InChI=1S/C24H24NO2.3C4H9.Sn/c1-26-19-27-18-23-17-25(23)24(20-11-5-2-6-12-20,21-13-7-3-8-14-21)22-15-9-4-10-16-22;3*1-3-4-2;/h2-17,23H,18-19H2,1H3;3*1,3-4H2,2H3;/t23-,25?;;;;/m0..../s1. The van der Waals surface area contributed by atoms with Crippen LogP contribution in [0.25, 0.3) is 0 Å². The summed E-state index contributed by atoms with van der Waals surface area (Å²) in [6.07, 6.45) is 7.97. The zero-order chi connectivity index (χ0) is 28.3. The molecule has 216 valence electrons. The molecule has 40 heavy (non-hydrogen) atoms. The number of rotatable bonds is 18. The van der Waals surface area contributed by atoms with Crippen molar-refractivity contribution in [2.24, 2.45) is 0 Å². The number of methoxy groups -OCH3 is 1. The Morgan fingerprint density at radius 3 is 1.40 bits per heavy atom. The van der Waals surface area contributed by atoms with E-state index in [-0.39, 0.29) is 5.54 Å². The number of ether oxygens (including phenoxy) is 2. The van der Waals surface area contributed by atoms with Gasteiger partial charge in [-0.3, -0.25) is 0 Å². The summed E-state index contributed by atoms with van der Waals surface area (Å²) in [6.45, 7) is 8.22. The van der Waals surface area contributed by atoms with Crippen molar-refractivity contribution >= 4 is 18.4 Å². The van der Waals surface area contributed by atoms with Gasteiger partial charge in [0.05, 0.1) is 0 Å². The van der Waals surface area contributed by atoms with E-state index in [1.165, 1.54) is 68.5 Å². The maximum absolute atomic E-state index is 6.25. The van der Waals surface area contributed by atoms with Gasteiger partial charge in [0.2, 0.25) is 0 Å². The topological polar surface area (TPSA) is 21.5 Å². The third-order valence-corrected chi connectivity index (χ3v) is 26.1. The van der Waals surface area contributed by atoms with Gasteiger partial charge in [-0.2, -0.15) is 0 Å². The molecule has 3 aromatic rings. The molecule has 0 aliphatic carbocycles. The molecule has 0 N–H and O–H groups in total. The quantitative estimate of drug-likeness (QED) is 0.0452. The van der Waals surface area contributed by atoms with Crippen LogP contribution in [0, 0.1) is 0 Å². The predicted octanol–water partition coefficient (Wildman–Crippen LogP) is 9.04. The Morgan fingerprint density at radius 1 is 0.650 bits per heavy atom. The fourth-order valence-corrected chi connectivity index (χ4v) is 26.6. The molecule has 0 spiro atoms. The van der Waals surface area contributed by atoms with Crippen molar-refractivity contribution in [2.45, 2.75) is 88.2 Å². The van der Waals surface area contributed by atoms with Crippen LogP contribution in [0.3, 0.4) is 0 Å². The molecule has 0 saturated carbocycles. The third kappa shape index (κ3) is 6.69. The van der Waals surface area contributed by atoms with Crippen molar-refractivity contribution in [3.05, 3.63) is 108 Å². The van der Waals surface area contributed by atoms with E-state index >= 15 is 0 Å². The van der Waals surface area contributed by atoms with Crippen LogP contribution >= 0.6 is 0 Å². The zero-order valence-electron chi connectivity index (χ0n) is 25.4. The van der Waals surface area contributed by atoms with Gasteiger partial charge in [-0.25, -0.2) is 0 Å². The van der Waals surface area contributed by atoms with Crippen molar-refractivity contribution in [1.82, 2.24) is 4.90 Å². The van der Waals surface area contributed by atoms with E-state index in [4.69, 9.17) is 9.47 Å². The Hall–Kier alpha value is -1.66. The molecule has 1 fully saturated rings. The summed E-state index contributed by atoms with van der Waals surface area (Å²) in [6, 6.07) is 34.2. The minimum absolute atomic E-state index is 0.355. The average Bonchev–Trinajstić information content (AvgIpc) is 3.74. The number of nitrogens with zero attached hydrogens (tertiary/aromatic N) is 1. The van der Waals surface area contributed by atoms with Gasteiger partial charge in [-0.1, -0.05) is 0 Å². The number of unbranched alkanes of at least 4 members (excludes halogenated alkanes) is 3. The fraction of sp³-hybridized carbons (Fsp3) is 0.500.